The molecule has 0 aliphatic heterocycles. The van der Waals surface area contributed by atoms with Crippen molar-refractivity contribution in [3.8, 4) is 0 Å². The van der Waals surface area contributed by atoms with Crippen molar-refractivity contribution in [2.24, 2.45) is 5.73 Å². The molecule has 0 aromatic rings. The lowest BCUT2D eigenvalue weighted by Crippen LogP contribution is -2.20. The van der Waals surface area contributed by atoms with Crippen molar-refractivity contribution in [3.05, 3.63) is 0 Å². The van der Waals surface area contributed by atoms with Gasteiger partial charge in [-0.25, -0.2) is 0 Å². The predicted octanol–water partition coefficient (Wildman–Crippen LogP) is 0.513. The topological polar surface area (TPSA) is 35.2 Å². The number of hydrogen-bond donors (Lipinski definition) is 1. The van der Waals surface area contributed by atoms with Crippen LogP contribution in [0.2, 0.25) is 0 Å². The van der Waals surface area contributed by atoms with Gasteiger partial charge in [0.25, 0.3) is 0 Å². The third-order valence-electron chi connectivity index (χ3n) is 1.28. The first-order valence-corrected chi connectivity index (χ1v) is 3.18. The quantitative estimate of drug-likeness (QED) is 0.581. The fourth-order valence-electron chi connectivity index (χ4n) is 0.588. The third-order valence-corrected chi connectivity index (χ3v) is 1.28. The average Bonchev–Trinajstić information content (AvgIpc) is 2.50. The summed E-state index contributed by atoms with van der Waals surface area (Å²) in [6.45, 7) is 2.66. The molecule has 0 bridgehead atoms. The molecule has 1 fully saturated rings. The highest BCUT2D eigenvalue weighted by Gasteiger charge is 2.23. The first kappa shape index (κ1) is 6.05. The molecule has 1 atom stereocenters. The fraction of sp³-hybridized carbons (Fsp3) is 1.00. The fourth-order valence-corrected chi connectivity index (χ4v) is 0.588. The zero-order chi connectivity index (χ0) is 5.98. The van der Waals surface area contributed by atoms with Crippen LogP contribution in [0.25, 0.3) is 0 Å². The van der Waals surface area contributed by atoms with Crippen LogP contribution in [0.1, 0.15) is 19.8 Å². The summed E-state index contributed by atoms with van der Waals surface area (Å²) >= 11 is 0. The van der Waals surface area contributed by atoms with E-state index in [9.17, 15) is 0 Å². The van der Waals surface area contributed by atoms with Gasteiger partial charge in [0.15, 0.2) is 0 Å². The van der Waals surface area contributed by atoms with Crippen molar-refractivity contribution >= 4 is 0 Å². The Morgan fingerprint density at radius 1 is 1.75 bits per heavy atom. The SMILES string of the molecule is C[C@@H](CN)OC1CC1. The molecule has 2 nitrogen and oxygen atoms in total. The van der Waals surface area contributed by atoms with E-state index < -0.39 is 0 Å². The summed E-state index contributed by atoms with van der Waals surface area (Å²) in [4.78, 5) is 0. The minimum absolute atomic E-state index is 0.266. The molecule has 1 rings (SSSR count). The summed E-state index contributed by atoms with van der Waals surface area (Å²) < 4.78 is 5.39. The minimum atomic E-state index is 0.266. The molecule has 0 aromatic carbocycles. The smallest absolute Gasteiger partial charge is 0.0672 e. The summed E-state index contributed by atoms with van der Waals surface area (Å²) in [7, 11) is 0. The van der Waals surface area contributed by atoms with Crippen molar-refractivity contribution in [1.82, 2.24) is 0 Å². The van der Waals surface area contributed by atoms with Crippen LogP contribution in [0.3, 0.4) is 0 Å². The van der Waals surface area contributed by atoms with E-state index in [4.69, 9.17) is 10.5 Å². The van der Waals surface area contributed by atoms with E-state index in [0.717, 1.165) is 0 Å². The van der Waals surface area contributed by atoms with E-state index in [-0.39, 0.29) is 6.10 Å². The van der Waals surface area contributed by atoms with Gasteiger partial charge < -0.3 is 10.5 Å². The summed E-state index contributed by atoms with van der Waals surface area (Å²) in [6.07, 6.45) is 3.30. The van der Waals surface area contributed by atoms with E-state index in [0.29, 0.717) is 12.6 Å². The Morgan fingerprint density at radius 3 is 2.75 bits per heavy atom. The van der Waals surface area contributed by atoms with Crippen LogP contribution in [0, 0.1) is 0 Å². The highest BCUT2D eigenvalue weighted by atomic mass is 16.5. The summed E-state index contributed by atoms with van der Waals surface area (Å²) in [5.74, 6) is 0. The molecular formula is C6H13NO. The highest BCUT2D eigenvalue weighted by Crippen LogP contribution is 2.24. The molecule has 0 radical (unpaired) electrons. The summed E-state index contributed by atoms with van der Waals surface area (Å²) in [5, 5.41) is 0. The molecule has 1 saturated carbocycles. The van der Waals surface area contributed by atoms with Crippen molar-refractivity contribution < 1.29 is 4.74 Å². The van der Waals surface area contributed by atoms with Crippen molar-refractivity contribution in [1.29, 1.82) is 0 Å². The minimum Gasteiger partial charge on any atom is -0.374 e. The molecule has 0 aromatic heterocycles. The van der Waals surface area contributed by atoms with Crippen LogP contribution in [0.15, 0.2) is 0 Å². The average molecular weight is 115 g/mol. The van der Waals surface area contributed by atoms with Crippen LogP contribution >= 0.6 is 0 Å². The molecule has 0 heterocycles. The van der Waals surface area contributed by atoms with Gasteiger partial charge in [0.05, 0.1) is 12.2 Å². The van der Waals surface area contributed by atoms with E-state index in [1.54, 1.807) is 0 Å². The van der Waals surface area contributed by atoms with E-state index in [2.05, 4.69) is 0 Å². The van der Waals surface area contributed by atoms with Gasteiger partial charge in [-0.2, -0.15) is 0 Å². The number of hydrogen-bond acceptors (Lipinski definition) is 2. The number of rotatable bonds is 3. The lowest BCUT2D eigenvalue weighted by atomic mass is 10.4. The van der Waals surface area contributed by atoms with E-state index >= 15 is 0 Å². The summed E-state index contributed by atoms with van der Waals surface area (Å²) in [6, 6.07) is 0. The van der Waals surface area contributed by atoms with Gasteiger partial charge in [-0.15, -0.1) is 0 Å². The molecule has 48 valence electrons. The second kappa shape index (κ2) is 2.46. The predicted molar refractivity (Wildman–Crippen MR) is 32.6 cm³/mol. The molecular weight excluding hydrogens is 102 g/mol. The molecule has 0 unspecified atom stereocenters. The maximum atomic E-state index is 5.39. The second-order valence-corrected chi connectivity index (χ2v) is 2.38. The molecule has 2 N–H and O–H groups in total. The van der Waals surface area contributed by atoms with Gasteiger partial charge in [0, 0.05) is 6.54 Å². The zero-order valence-corrected chi connectivity index (χ0v) is 5.26. The molecule has 0 saturated heterocycles. The Morgan fingerprint density at radius 2 is 2.38 bits per heavy atom. The summed E-state index contributed by atoms with van der Waals surface area (Å²) in [5.41, 5.74) is 5.32. The van der Waals surface area contributed by atoms with Crippen molar-refractivity contribution in [2.45, 2.75) is 32.0 Å². The largest absolute Gasteiger partial charge is 0.374 e. The normalized spacial score (nSPS) is 23.2. The van der Waals surface area contributed by atoms with Gasteiger partial charge in [0.1, 0.15) is 0 Å². The van der Waals surface area contributed by atoms with E-state index in [1.165, 1.54) is 12.8 Å². The Bertz CT molecular complexity index is 70.9. The van der Waals surface area contributed by atoms with Crippen LogP contribution in [-0.2, 0) is 4.74 Å². The maximum absolute atomic E-state index is 5.39. The molecule has 1 aliphatic rings. The standard InChI is InChI=1S/C6H13NO/c1-5(4-7)8-6-2-3-6/h5-6H,2-4,7H2,1H3/t5-/m0/s1. The van der Waals surface area contributed by atoms with E-state index in [1.807, 2.05) is 6.92 Å². The number of nitrogens with two attached hydrogens (primary N) is 1. The molecule has 2 heteroatoms. The Hall–Kier alpha value is -0.0800. The van der Waals surface area contributed by atoms with Gasteiger partial charge in [-0.1, -0.05) is 0 Å². The first-order chi connectivity index (χ1) is 3.83. The highest BCUT2D eigenvalue weighted by molar-refractivity contribution is 4.74. The van der Waals surface area contributed by atoms with Gasteiger partial charge in [-0.05, 0) is 19.8 Å². The Kier molecular flexibility index (Phi) is 1.86. The lowest BCUT2D eigenvalue weighted by molar-refractivity contribution is 0.0583. The van der Waals surface area contributed by atoms with Crippen LogP contribution in [-0.4, -0.2) is 18.8 Å². The van der Waals surface area contributed by atoms with Gasteiger partial charge in [-0.3, -0.25) is 0 Å². The molecule has 8 heavy (non-hydrogen) atoms. The third kappa shape index (κ3) is 1.80. The van der Waals surface area contributed by atoms with Gasteiger partial charge in [0.2, 0.25) is 0 Å². The molecule has 0 spiro atoms. The molecule has 1 aliphatic carbocycles. The second-order valence-electron chi connectivity index (χ2n) is 2.38. The monoisotopic (exact) mass is 115 g/mol. The lowest BCUT2D eigenvalue weighted by Gasteiger charge is -2.07. The van der Waals surface area contributed by atoms with Crippen molar-refractivity contribution in [3.63, 3.8) is 0 Å². The Labute approximate surface area is 50.0 Å². The zero-order valence-electron chi connectivity index (χ0n) is 5.26. The van der Waals surface area contributed by atoms with Crippen LogP contribution < -0.4 is 5.73 Å². The maximum Gasteiger partial charge on any atom is 0.0672 e. The molecule has 0 amide bonds. The van der Waals surface area contributed by atoms with Gasteiger partial charge >= 0.3 is 0 Å². The first-order valence-electron chi connectivity index (χ1n) is 3.18. The van der Waals surface area contributed by atoms with Crippen LogP contribution in [0.5, 0.6) is 0 Å². The van der Waals surface area contributed by atoms with Crippen molar-refractivity contribution in [2.75, 3.05) is 6.54 Å². The number of ether oxygens (including phenoxy) is 1. The van der Waals surface area contributed by atoms with Crippen LogP contribution in [0.4, 0.5) is 0 Å². The Balaban J connectivity index is 1.98.